The first-order valence-electron chi connectivity index (χ1n) is 11.4. The van der Waals surface area contributed by atoms with Gasteiger partial charge in [-0.25, -0.2) is 9.79 Å². The summed E-state index contributed by atoms with van der Waals surface area (Å²) < 4.78 is 45.2. The molecule has 0 saturated carbocycles. The predicted molar refractivity (Wildman–Crippen MR) is 136 cm³/mol. The summed E-state index contributed by atoms with van der Waals surface area (Å²) in [5.74, 6) is 0.861. The van der Waals surface area contributed by atoms with Gasteiger partial charge in [-0.15, -0.1) is 0 Å². The summed E-state index contributed by atoms with van der Waals surface area (Å²) in [5, 5.41) is 8.41. The fourth-order valence-corrected chi connectivity index (χ4v) is 3.73. The summed E-state index contributed by atoms with van der Waals surface area (Å²) in [6.07, 6.45) is -1.26. The molecule has 1 heterocycles. The van der Waals surface area contributed by atoms with E-state index in [9.17, 15) is 18.0 Å². The first kappa shape index (κ1) is 26.8. The number of carbonyl (C=O) groups excluding carboxylic acids is 1. The number of amides is 2. The Kier molecular flexibility index (Phi) is 8.76. The van der Waals surface area contributed by atoms with Gasteiger partial charge in [-0.1, -0.05) is 12.6 Å². The van der Waals surface area contributed by atoms with Crippen molar-refractivity contribution in [2.24, 2.45) is 4.99 Å². The molecule has 0 aliphatic carbocycles. The molecule has 1 saturated heterocycles. The SMILES string of the molecule is C=C/N=C(\C=C(/C)N1CCN[C@H](C)C1)Oc1ccc(NC(=O)Nc2ccc(C)c(C(F)(F)F)c2)cc1. The van der Waals surface area contributed by atoms with E-state index in [1.54, 1.807) is 24.3 Å². The van der Waals surface area contributed by atoms with E-state index in [0.29, 0.717) is 23.4 Å². The minimum Gasteiger partial charge on any atom is -0.439 e. The quantitative estimate of drug-likeness (QED) is 0.347. The molecule has 3 rings (SSSR count). The maximum atomic E-state index is 13.1. The van der Waals surface area contributed by atoms with Crippen LogP contribution in [0.4, 0.5) is 29.3 Å². The first-order chi connectivity index (χ1) is 17.0. The number of piperazine rings is 1. The number of allylic oxidation sites excluding steroid dienone is 1. The maximum Gasteiger partial charge on any atom is 0.416 e. The molecule has 192 valence electrons. The third-order valence-electron chi connectivity index (χ3n) is 5.55. The van der Waals surface area contributed by atoms with Crippen molar-refractivity contribution in [2.45, 2.75) is 33.0 Å². The van der Waals surface area contributed by atoms with Crippen LogP contribution < -0.4 is 20.7 Å². The van der Waals surface area contributed by atoms with Crippen LogP contribution in [0.1, 0.15) is 25.0 Å². The van der Waals surface area contributed by atoms with E-state index in [4.69, 9.17) is 4.74 Å². The molecular formula is C26H30F3N5O2. The normalized spacial score (nSPS) is 16.9. The number of urea groups is 1. The number of aryl methyl sites for hydroxylation is 1. The van der Waals surface area contributed by atoms with Gasteiger partial charge in [-0.2, -0.15) is 13.2 Å². The Morgan fingerprint density at radius 3 is 2.50 bits per heavy atom. The molecule has 2 aromatic carbocycles. The van der Waals surface area contributed by atoms with Crippen molar-refractivity contribution in [3.05, 3.63) is 78.1 Å². The zero-order valence-corrected chi connectivity index (χ0v) is 20.4. The van der Waals surface area contributed by atoms with Gasteiger partial charge in [0.2, 0.25) is 5.90 Å². The third-order valence-corrected chi connectivity index (χ3v) is 5.55. The fraction of sp³-hybridized carbons (Fsp3) is 0.308. The van der Waals surface area contributed by atoms with E-state index in [2.05, 4.69) is 39.3 Å². The van der Waals surface area contributed by atoms with Crippen molar-refractivity contribution in [2.75, 3.05) is 30.3 Å². The number of carbonyl (C=O) groups is 1. The van der Waals surface area contributed by atoms with Gasteiger partial charge in [-0.3, -0.25) is 0 Å². The van der Waals surface area contributed by atoms with Gasteiger partial charge in [0, 0.05) is 55.0 Å². The van der Waals surface area contributed by atoms with Crippen LogP contribution in [0.25, 0.3) is 0 Å². The third kappa shape index (κ3) is 7.61. The van der Waals surface area contributed by atoms with Crippen molar-refractivity contribution in [1.82, 2.24) is 10.2 Å². The number of nitrogens with one attached hydrogen (secondary N) is 3. The number of anilines is 2. The molecule has 0 unspecified atom stereocenters. The highest BCUT2D eigenvalue weighted by atomic mass is 19.4. The van der Waals surface area contributed by atoms with Crippen LogP contribution in [0.3, 0.4) is 0 Å². The van der Waals surface area contributed by atoms with Gasteiger partial charge in [0.1, 0.15) is 5.75 Å². The van der Waals surface area contributed by atoms with Crippen molar-refractivity contribution in [1.29, 1.82) is 0 Å². The molecule has 10 heteroatoms. The lowest BCUT2D eigenvalue weighted by Crippen LogP contribution is -2.48. The van der Waals surface area contributed by atoms with Gasteiger partial charge in [0.15, 0.2) is 0 Å². The highest BCUT2D eigenvalue weighted by molar-refractivity contribution is 6.00. The lowest BCUT2D eigenvalue weighted by atomic mass is 10.1. The Morgan fingerprint density at radius 1 is 1.19 bits per heavy atom. The largest absolute Gasteiger partial charge is 0.439 e. The Morgan fingerprint density at radius 2 is 1.86 bits per heavy atom. The van der Waals surface area contributed by atoms with Crippen molar-refractivity contribution in [3.63, 3.8) is 0 Å². The van der Waals surface area contributed by atoms with Gasteiger partial charge >= 0.3 is 12.2 Å². The topological polar surface area (TPSA) is 78.0 Å². The van der Waals surface area contributed by atoms with Crippen LogP contribution in [0.2, 0.25) is 0 Å². The minimum atomic E-state index is -4.50. The number of hydrogen-bond acceptors (Lipinski definition) is 5. The average molecular weight is 502 g/mol. The monoisotopic (exact) mass is 501 g/mol. The number of nitrogens with zero attached hydrogens (tertiary/aromatic N) is 2. The lowest BCUT2D eigenvalue weighted by molar-refractivity contribution is -0.138. The Balaban J connectivity index is 1.62. The highest BCUT2D eigenvalue weighted by Crippen LogP contribution is 2.33. The molecule has 1 aliphatic rings. The molecule has 2 aromatic rings. The molecule has 7 nitrogen and oxygen atoms in total. The molecule has 0 aromatic heterocycles. The number of benzene rings is 2. The summed E-state index contributed by atoms with van der Waals surface area (Å²) in [4.78, 5) is 18.7. The number of aliphatic imine (C=N–C) groups is 1. The van der Waals surface area contributed by atoms with E-state index < -0.39 is 17.8 Å². The van der Waals surface area contributed by atoms with E-state index in [1.165, 1.54) is 25.3 Å². The van der Waals surface area contributed by atoms with Crippen LogP contribution in [-0.4, -0.2) is 42.5 Å². The maximum absolute atomic E-state index is 13.1. The molecule has 1 fully saturated rings. The summed E-state index contributed by atoms with van der Waals surface area (Å²) in [5.41, 5.74) is 0.776. The van der Waals surface area contributed by atoms with Crippen LogP contribution >= 0.6 is 0 Å². The van der Waals surface area contributed by atoms with E-state index >= 15 is 0 Å². The molecule has 1 aliphatic heterocycles. The lowest BCUT2D eigenvalue weighted by Gasteiger charge is -2.34. The summed E-state index contributed by atoms with van der Waals surface area (Å²) in [7, 11) is 0. The Labute approximate surface area is 208 Å². The zero-order chi connectivity index (χ0) is 26.3. The van der Waals surface area contributed by atoms with Gasteiger partial charge in [-0.05, 0) is 62.7 Å². The van der Waals surface area contributed by atoms with Crippen LogP contribution in [0.15, 0.2) is 72.0 Å². The van der Waals surface area contributed by atoms with Crippen LogP contribution in [-0.2, 0) is 6.18 Å². The van der Waals surface area contributed by atoms with Crippen molar-refractivity contribution < 1.29 is 22.7 Å². The molecule has 2 amide bonds. The second-order valence-corrected chi connectivity index (χ2v) is 8.47. The number of rotatable bonds is 6. The van der Waals surface area contributed by atoms with E-state index in [1.807, 2.05) is 13.0 Å². The number of ether oxygens (including phenoxy) is 1. The summed E-state index contributed by atoms with van der Waals surface area (Å²) in [6.45, 7) is 11.8. The molecule has 0 radical (unpaired) electrons. The summed E-state index contributed by atoms with van der Waals surface area (Å²) >= 11 is 0. The van der Waals surface area contributed by atoms with E-state index in [-0.39, 0.29) is 11.3 Å². The van der Waals surface area contributed by atoms with Gasteiger partial charge in [0.05, 0.1) is 5.56 Å². The number of hydrogen-bond donors (Lipinski definition) is 3. The standard InChI is InChI=1S/C26H30F3N5O2/c1-5-30-24(14-19(4)34-13-12-31-18(3)16-34)36-22-10-8-20(9-11-22)32-25(35)33-21-7-6-17(2)23(15-21)26(27,28)29/h5-11,14-15,18,31H,1,12-13,16H2,2-4H3,(H2,32,33,35)/b19-14+,30-24+/t18-/m1/s1. The molecule has 3 N–H and O–H groups in total. The summed E-state index contributed by atoms with van der Waals surface area (Å²) in [6, 6.07) is 9.88. The zero-order valence-electron chi connectivity index (χ0n) is 20.4. The van der Waals surface area contributed by atoms with Gasteiger partial charge < -0.3 is 25.6 Å². The van der Waals surface area contributed by atoms with Crippen LogP contribution in [0, 0.1) is 6.92 Å². The molecular weight excluding hydrogens is 471 g/mol. The van der Waals surface area contributed by atoms with Crippen molar-refractivity contribution >= 4 is 23.3 Å². The van der Waals surface area contributed by atoms with E-state index in [0.717, 1.165) is 31.4 Å². The molecule has 36 heavy (non-hydrogen) atoms. The number of alkyl halides is 3. The molecule has 0 bridgehead atoms. The first-order valence-corrected chi connectivity index (χ1v) is 11.4. The smallest absolute Gasteiger partial charge is 0.416 e. The van der Waals surface area contributed by atoms with Crippen LogP contribution in [0.5, 0.6) is 5.75 Å². The van der Waals surface area contributed by atoms with Gasteiger partial charge in [0.25, 0.3) is 0 Å². The molecule has 0 spiro atoms. The minimum absolute atomic E-state index is 0.0386. The van der Waals surface area contributed by atoms with Crippen molar-refractivity contribution in [3.8, 4) is 5.75 Å². The highest BCUT2D eigenvalue weighted by Gasteiger charge is 2.32. The molecule has 1 atom stereocenters. The predicted octanol–water partition coefficient (Wildman–Crippen LogP) is 5.78. The average Bonchev–Trinajstić information content (AvgIpc) is 2.81. The second kappa shape index (κ2) is 11.8. The Bertz CT molecular complexity index is 1140. The number of halogens is 3. The second-order valence-electron chi connectivity index (χ2n) is 8.47. The fourth-order valence-electron chi connectivity index (χ4n) is 3.73. The Hall–Kier alpha value is -3.79.